The molecule has 0 atom stereocenters. The normalized spacial score (nSPS) is 11.8. The molecule has 0 saturated heterocycles. The highest BCUT2D eigenvalue weighted by Gasteiger charge is 2.28. The zero-order chi connectivity index (χ0) is 20.9. The summed E-state index contributed by atoms with van der Waals surface area (Å²) in [5.74, 6) is 6.20. The van der Waals surface area contributed by atoms with Crippen LogP contribution in [-0.4, -0.2) is 19.2 Å². The summed E-state index contributed by atoms with van der Waals surface area (Å²) < 4.78 is 5.52. The van der Waals surface area contributed by atoms with E-state index in [0.717, 1.165) is 11.1 Å². The van der Waals surface area contributed by atoms with E-state index in [2.05, 4.69) is 41.4 Å². The van der Waals surface area contributed by atoms with Gasteiger partial charge in [-0.25, -0.2) is 4.79 Å². The summed E-state index contributed by atoms with van der Waals surface area (Å²) in [5.41, 5.74) is 6.71. The number of aryl methyl sites for hydroxylation is 1. The predicted octanol–water partition coefficient (Wildman–Crippen LogP) is 5.93. The molecule has 4 rings (SSSR count). The van der Waals surface area contributed by atoms with Gasteiger partial charge in [0, 0.05) is 24.4 Å². The van der Waals surface area contributed by atoms with Crippen LogP contribution in [-0.2, 0) is 4.74 Å². The quantitative estimate of drug-likeness (QED) is 0.423. The van der Waals surface area contributed by atoms with Crippen molar-refractivity contribution < 1.29 is 9.53 Å². The summed E-state index contributed by atoms with van der Waals surface area (Å²) in [4.78, 5) is 12.2. The first-order valence-electron chi connectivity index (χ1n) is 9.98. The van der Waals surface area contributed by atoms with Crippen LogP contribution in [0.4, 0.5) is 4.79 Å². The van der Waals surface area contributed by atoms with Crippen molar-refractivity contribution in [3.63, 3.8) is 0 Å². The molecule has 0 fully saturated rings. The van der Waals surface area contributed by atoms with Crippen LogP contribution in [0.2, 0.25) is 5.02 Å². The lowest BCUT2D eigenvalue weighted by Crippen LogP contribution is -2.26. The second-order valence-electron chi connectivity index (χ2n) is 7.24. The molecule has 1 N–H and O–H groups in total. The van der Waals surface area contributed by atoms with Gasteiger partial charge in [-0.05, 0) is 40.8 Å². The topological polar surface area (TPSA) is 38.3 Å². The van der Waals surface area contributed by atoms with E-state index in [4.69, 9.17) is 16.3 Å². The van der Waals surface area contributed by atoms with Gasteiger partial charge in [0.2, 0.25) is 0 Å². The number of ether oxygens (including phenoxy) is 1. The van der Waals surface area contributed by atoms with E-state index in [1.807, 2.05) is 49.4 Å². The number of hydrogen-bond donors (Lipinski definition) is 1. The Kier molecular flexibility index (Phi) is 6.07. The lowest BCUT2D eigenvalue weighted by Gasteiger charge is -2.14. The van der Waals surface area contributed by atoms with E-state index in [9.17, 15) is 4.79 Å². The first-order valence-corrected chi connectivity index (χ1v) is 10.4. The Morgan fingerprint density at radius 3 is 2.33 bits per heavy atom. The number of amides is 1. The molecular weight excluding hydrogens is 394 g/mol. The molecule has 1 amide bonds. The number of hydrogen-bond acceptors (Lipinski definition) is 2. The molecule has 1 aliphatic rings. The standard InChI is InChI=1S/C26H22ClNO2/c1-18-9-8-15-25(27)19(18)10-6-7-16-28-26(29)30-17-24-22-13-4-2-11-20(22)21-12-3-5-14-23(21)24/h2-5,8-9,11-15,24H,7,16-17H2,1H3,(H,28,29). The highest BCUT2D eigenvalue weighted by Crippen LogP contribution is 2.44. The van der Waals surface area contributed by atoms with E-state index >= 15 is 0 Å². The smallest absolute Gasteiger partial charge is 0.407 e. The minimum absolute atomic E-state index is 0.0612. The fourth-order valence-electron chi connectivity index (χ4n) is 3.82. The maximum absolute atomic E-state index is 12.2. The average molecular weight is 416 g/mol. The third kappa shape index (κ3) is 4.20. The van der Waals surface area contributed by atoms with Crippen molar-refractivity contribution >= 4 is 17.7 Å². The molecule has 1 aliphatic carbocycles. The summed E-state index contributed by atoms with van der Waals surface area (Å²) in [6.45, 7) is 2.71. The number of nitrogens with one attached hydrogen (secondary N) is 1. The Labute approximate surface area is 182 Å². The zero-order valence-corrected chi connectivity index (χ0v) is 17.5. The lowest BCUT2D eigenvalue weighted by molar-refractivity contribution is 0.143. The Hall–Kier alpha value is -3.22. The van der Waals surface area contributed by atoms with Gasteiger partial charge in [0.25, 0.3) is 0 Å². The van der Waals surface area contributed by atoms with Gasteiger partial charge in [0.15, 0.2) is 0 Å². The molecule has 0 aromatic heterocycles. The van der Waals surface area contributed by atoms with Gasteiger partial charge in [-0.3, -0.25) is 0 Å². The SMILES string of the molecule is Cc1cccc(Cl)c1C#CCCNC(=O)OCC1c2ccccc2-c2ccccc21. The van der Waals surface area contributed by atoms with Crippen molar-refractivity contribution in [2.45, 2.75) is 19.3 Å². The van der Waals surface area contributed by atoms with Crippen molar-refractivity contribution in [3.8, 4) is 23.0 Å². The summed E-state index contributed by atoms with van der Waals surface area (Å²) in [7, 11) is 0. The Morgan fingerprint density at radius 2 is 1.67 bits per heavy atom. The summed E-state index contributed by atoms with van der Waals surface area (Å²) in [6.07, 6.45) is 0.0991. The predicted molar refractivity (Wildman–Crippen MR) is 121 cm³/mol. The van der Waals surface area contributed by atoms with Crippen LogP contribution < -0.4 is 5.32 Å². The number of rotatable bonds is 4. The Balaban J connectivity index is 1.31. The molecule has 0 spiro atoms. The fraction of sp³-hybridized carbons (Fsp3) is 0.192. The molecule has 0 bridgehead atoms. The number of halogens is 1. The van der Waals surface area contributed by atoms with Crippen LogP contribution in [0.3, 0.4) is 0 Å². The molecule has 0 radical (unpaired) electrons. The first-order chi connectivity index (χ1) is 14.6. The molecule has 3 aromatic rings. The summed E-state index contributed by atoms with van der Waals surface area (Å²) in [6, 6.07) is 22.3. The molecule has 0 saturated carbocycles. The third-order valence-electron chi connectivity index (χ3n) is 5.30. The van der Waals surface area contributed by atoms with Crippen molar-refractivity contribution in [1.82, 2.24) is 5.32 Å². The second kappa shape index (κ2) is 9.07. The van der Waals surface area contributed by atoms with Crippen LogP contribution in [0, 0.1) is 18.8 Å². The van der Waals surface area contributed by atoms with Crippen LogP contribution in [0.25, 0.3) is 11.1 Å². The third-order valence-corrected chi connectivity index (χ3v) is 5.61. The van der Waals surface area contributed by atoms with Crippen molar-refractivity contribution in [2.24, 2.45) is 0 Å². The number of benzene rings is 3. The molecule has 0 unspecified atom stereocenters. The second-order valence-corrected chi connectivity index (χ2v) is 7.64. The molecule has 0 heterocycles. The maximum Gasteiger partial charge on any atom is 0.407 e. The van der Waals surface area contributed by atoms with Crippen molar-refractivity contribution in [3.05, 3.63) is 94.0 Å². The number of alkyl carbamates (subject to hydrolysis) is 1. The van der Waals surface area contributed by atoms with E-state index in [-0.39, 0.29) is 5.92 Å². The van der Waals surface area contributed by atoms with E-state index in [1.54, 1.807) is 0 Å². The van der Waals surface area contributed by atoms with Gasteiger partial charge >= 0.3 is 6.09 Å². The fourth-order valence-corrected chi connectivity index (χ4v) is 4.09. The van der Waals surface area contributed by atoms with E-state index < -0.39 is 6.09 Å². The molecule has 4 heteroatoms. The van der Waals surface area contributed by atoms with Crippen LogP contribution in [0.1, 0.15) is 34.6 Å². The molecule has 0 aliphatic heterocycles. The van der Waals surface area contributed by atoms with Crippen molar-refractivity contribution in [1.29, 1.82) is 0 Å². The van der Waals surface area contributed by atoms with Crippen LogP contribution in [0.5, 0.6) is 0 Å². The molecule has 3 aromatic carbocycles. The van der Waals surface area contributed by atoms with Gasteiger partial charge in [-0.15, -0.1) is 0 Å². The van der Waals surface area contributed by atoms with Crippen LogP contribution >= 0.6 is 11.6 Å². The summed E-state index contributed by atoms with van der Waals surface area (Å²) >= 11 is 6.18. The van der Waals surface area contributed by atoms with Gasteiger partial charge in [0.05, 0.1) is 5.02 Å². The molecule has 30 heavy (non-hydrogen) atoms. The Bertz CT molecular complexity index is 1080. The first kappa shape index (κ1) is 20.1. The van der Waals surface area contributed by atoms with Gasteiger partial charge < -0.3 is 10.1 Å². The van der Waals surface area contributed by atoms with E-state index in [0.29, 0.717) is 24.6 Å². The average Bonchev–Trinajstić information content (AvgIpc) is 3.08. The monoisotopic (exact) mass is 415 g/mol. The Morgan fingerprint density at radius 1 is 1.00 bits per heavy atom. The number of carbonyl (C=O) groups is 1. The molecule has 3 nitrogen and oxygen atoms in total. The number of carbonyl (C=O) groups excluding carboxylic acids is 1. The zero-order valence-electron chi connectivity index (χ0n) is 16.7. The number of fused-ring (bicyclic) bond motifs is 3. The van der Waals surface area contributed by atoms with Crippen molar-refractivity contribution in [2.75, 3.05) is 13.2 Å². The molecule has 150 valence electrons. The van der Waals surface area contributed by atoms with Gasteiger partial charge in [-0.1, -0.05) is 84.1 Å². The lowest BCUT2D eigenvalue weighted by atomic mass is 9.98. The highest BCUT2D eigenvalue weighted by atomic mass is 35.5. The van der Waals surface area contributed by atoms with Crippen LogP contribution in [0.15, 0.2) is 66.7 Å². The summed E-state index contributed by atoms with van der Waals surface area (Å²) in [5, 5.41) is 3.42. The minimum atomic E-state index is -0.424. The largest absolute Gasteiger partial charge is 0.449 e. The highest BCUT2D eigenvalue weighted by molar-refractivity contribution is 6.31. The van der Waals surface area contributed by atoms with E-state index in [1.165, 1.54) is 22.3 Å². The minimum Gasteiger partial charge on any atom is -0.449 e. The molecular formula is C26H22ClNO2. The maximum atomic E-state index is 12.2. The van der Waals surface area contributed by atoms with Gasteiger partial charge in [-0.2, -0.15) is 0 Å². The van der Waals surface area contributed by atoms with Gasteiger partial charge in [0.1, 0.15) is 6.61 Å².